The molecule has 25 heavy (non-hydrogen) atoms. The van der Waals surface area contributed by atoms with E-state index in [-0.39, 0.29) is 18.0 Å². The van der Waals surface area contributed by atoms with E-state index < -0.39 is 0 Å². The van der Waals surface area contributed by atoms with Crippen molar-refractivity contribution in [3.05, 3.63) is 45.0 Å². The highest BCUT2D eigenvalue weighted by molar-refractivity contribution is 6.01. The molecular formula is C20H23NO4. The molecule has 0 aliphatic carbocycles. The summed E-state index contributed by atoms with van der Waals surface area (Å²) in [7, 11) is 0. The first kappa shape index (κ1) is 17.3. The lowest BCUT2D eigenvalue weighted by molar-refractivity contribution is -0.120. The van der Waals surface area contributed by atoms with Gasteiger partial charge in [0.2, 0.25) is 5.91 Å². The maximum Gasteiger partial charge on any atom is 0.336 e. The van der Waals surface area contributed by atoms with Crippen LogP contribution in [0.2, 0.25) is 0 Å². The minimum absolute atomic E-state index is 0.00619. The number of unbranched alkanes of at least 4 members (excludes halogenated alkanes) is 1. The Hall–Kier alpha value is -2.56. The summed E-state index contributed by atoms with van der Waals surface area (Å²) >= 11 is 0. The molecule has 1 N–H and O–H groups in total. The van der Waals surface area contributed by atoms with Gasteiger partial charge in [-0.25, -0.2) is 4.79 Å². The van der Waals surface area contributed by atoms with E-state index in [0.29, 0.717) is 17.7 Å². The summed E-state index contributed by atoms with van der Waals surface area (Å²) < 4.78 is 11.3. The molecule has 2 heterocycles. The van der Waals surface area contributed by atoms with Crippen LogP contribution in [0, 0.1) is 20.8 Å². The number of rotatable bonds is 5. The van der Waals surface area contributed by atoms with Gasteiger partial charge >= 0.3 is 5.63 Å². The van der Waals surface area contributed by atoms with Crippen molar-refractivity contribution >= 4 is 27.8 Å². The van der Waals surface area contributed by atoms with Crippen molar-refractivity contribution in [2.45, 2.75) is 47.0 Å². The molecule has 0 aliphatic rings. The number of aryl methyl sites for hydroxylation is 3. The predicted molar refractivity (Wildman–Crippen MR) is 98.1 cm³/mol. The SMILES string of the molecule is CCCCNC(=O)Cc1c(C)oc2c(C)c3oc(=O)cc(C)c3cc12. The fourth-order valence-electron chi connectivity index (χ4n) is 3.20. The average Bonchev–Trinajstić information content (AvgIpc) is 2.86. The molecule has 0 atom stereocenters. The Bertz CT molecular complexity index is 1010. The molecule has 3 rings (SSSR count). The minimum atomic E-state index is -0.369. The summed E-state index contributed by atoms with van der Waals surface area (Å²) in [5, 5.41) is 4.72. The van der Waals surface area contributed by atoms with E-state index in [1.807, 2.05) is 26.8 Å². The minimum Gasteiger partial charge on any atom is -0.461 e. The van der Waals surface area contributed by atoms with Gasteiger partial charge in [0.1, 0.15) is 16.9 Å². The number of fused-ring (bicyclic) bond motifs is 2. The monoisotopic (exact) mass is 341 g/mol. The van der Waals surface area contributed by atoms with E-state index in [4.69, 9.17) is 8.83 Å². The maximum atomic E-state index is 12.2. The molecule has 1 aromatic carbocycles. The molecule has 2 aromatic heterocycles. The molecule has 0 aliphatic heterocycles. The Morgan fingerprint density at radius 3 is 2.52 bits per heavy atom. The van der Waals surface area contributed by atoms with Gasteiger partial charge in [-0.15, -0.1) is 0 Å². The Morgan fingerprint density at radius 1 is 1.08 bits per heavy atom. The molecule has 0 radical (unpaired) electrons. The lowest BCUT2D eigenvalue weighted by Gasteiger charge is -2.06. The zero-order chi connectivity index (χ0) is 18.1. The van der Waals surface area contributed by atoms with E-state index >= 15 is 0 Å². The zero-order valence-electron chi connectivity index (χ0n) is 15.1. The molecule has 0 unspecified atom stereocenters. The standard InChI is InChI=1S/C20H23NO4/c1-5-6-7-21-17(22)10-15-13(4)24-20-12(3)19-14(9-16(15)20)11(2)8-18(23)25-19/h8-9H,5-7,10H2,1-4H3,(H,21,22). The van der Waals surface area contributed by atoms with Gasteiger partial charge in [-0.05, 0) is 38.8 Å². The molecule has 0 saturated carbocycles. The third-order valence-electron chi connectivity index (χ3n) is 4.62. The first-order chi connectivity index (χ1) is 11.9. The summed E-state index contributed by atoms with van der Waals surface area (Å²) in [5.41, 5.74) is 3.38. The molecule has 0 spiro atoms. The van der Waals surface area contributed by atoms with Gasteiger partial charge in [0, 0.05) is 34.5 Å². The highest BCUT2D eigenvalue weighted by atomic mass is 16.4. The number of benzene rings is 1. The molecule has 5 heteroatoms. The maximum absolute atomic E-state index is 12.2. The highest BCUT2D eigenvalue weighted by Gasteiger charge is 2.19. The van der Waals surface area contributed by atoms with Crippen LogP contribution in [0.1, 0.15) is 42.2 Å². The predicted octanol–water partition coefficient (Wildman–Crippen LogP) is 3.92. The molecule has 3 aromatic rings. The quantitative estimate of drug-likeness (QED) is 0.564. The lowest BCUT2D eigenvalue weighted by Crippen LogP contribution is -2.26. The summed E-state index contributed by atoms with van der Waals surface area (Å²) in [6.07, 6.45) is 2.30. The van der Waals surface area contributed by atoms with E-state index in [1.54, 1.807) is 0 Å². The lowest BCUT2D eigenvalue weighted by atomic mass is 10.0. The Balaban J connectivity index is 2.10. The van der Waals surface area contributed by atoms with Gasteiger partial charge in [0.05, 0.1) is 6.42 Å². The summed E-state index contributed by atoms with van der Waals surface area (Å²) in [6.45, 7) is 8.41. The van der Waals surface area contributed by atoms with E-state index in [2.05, 4.69) is 12.2 Å². The number of hydrogen-bond donors (Lipinski definition) is 1. The van der Waals surface area contributed by atoms with Gasteiger partial charge in [0.15, 0.2) is 0 Å². The van der Waals surface area contributed by atoms with E-state index in [0.717, 1.165) is 46.1 Å². The van der Waals surface area contributed by atoms with Crippen LogP contribution in [0.3, 0.4) is 0 Å². The van der Waals surface area contributed by atoms with Crippen LogP contribution in [-0.4, -0.2) is 12.5 Å². The van der Waals surface area contributed by atoms with Crippen LogP contribution in [0.25, 0.3) is 21.9 Å². The number of nitrogens with one attached hydrogen (secondary N) is 1. The second-order valence-corrected chi connectivity index (χ2v) is 6.52. The number of carbonyl (C=O) groups excluding carboxylic acids is 1. The summed E-state index contributed by atoms with van der Waals surface area (Å²) in [6, 6.07) is 3.44. The second kappa shape index (κ2) is 6.75. The number of furan rings is 1. The zero-order valence-corrected chi connectivity index (χ0v) is 15.1. The third-order valence-corrected chi connectivity index (χ3v) is 4.62. The van der Waals surface area contributed by atoms with Crippen LogP contribution < -0.4 is 10.9 Å². The molecule has 0 bridgehead atoms. The van der Waals surface area contributed by atoms with E-state index in [1.165, 1.54) is 6.07 Å². The molecule has 0 saturated heterocycles. The smallest absolute Gasteiger partial charge is 0.336 e. The van der Waals surface area contributed by atoms with Gasteiger partial charge in [-0.2, -0.15) is 0 Å². The third kappa shape index (κ3) is 3.18. The molecule has 1 amide bonds. The average molecular weight is 341 g/mol. The molecule has 5 nitrogen and oxygen atoms in total. The van der Waals surface area contributed by atoms with Crippen LogP contribution in [0.4, 0.5) is 0 Å². The van der Waals surface area contributed by atoms with Crippen LogP contribution in [0.5, 0.6) is 0 Å². The van der Waals surface area contributed by atoms with Crippen LogP contribution in [0.15, 0.2) is 25.8 Å². The fourth-order valence-corrected chi connectivity index (χ4v) is 3.20. The second-order valence-electron chi connectivity index (χ2n) is 6.52. The van der Waals surface area contributed by atoms with E-state index in [9.17, 15) is 9.59 Å². The van der Waals surface area contributed by atoms with Gasteiger partial charge in [0.25, 0.3) is 0 Å². The van der Waals surface area contributed by atoms with Crippen molar-refractivity contribution in [2.75, 3.05) is 6.54 Å². The van der Waals surface area contributed by atoms with Crippen molar-refractivity contribution in [2.24, 2.45) is 0 Å². The first-order valence-electron chi connectivity index (χ1n) is 8.65. The fraction of sp³-hybridized carbons (Fsp3) is 0.400. The molecule has 132 valence electrons. The van der Waals surface area contributed by atoms with Crippen molar-refractivity contribution < 1.29 is 13.6 Å². The normalized spacial score (nSPS) is 11.4. The molecular weight excluding hydrogens is 318 g/mol. The summed E-state index contributed by atoms with van der Waals surface area (Å²) in [4.78, 5) is 23.9. The van der Waals surface area contributed by atoms with Crippen LogP contribution in [-0.2, 0) is 11.2 Å². The highest BCUT2D eigenvalue weighted by Crippen LogP contribution is 2.34. The topological polar surface area (TPSA) is 72.5 Å². The Morgan fingerprint density at radius 2 is 1.80 bits per heavy atom. The Labute approximate surface area is 146 Å². The first-order valence-corrected chi connectivity index (χ1v) is 8.65. The number of carbonyl (C=O) groups is 1. The van der Waals surface area contributed by atoms with Gasteiger partial charge in [-0.3, -0.25) is 4.79 Å². The Kier molecular flexibility index (Phi) is 4.66. The summed E-state index contributed by atoms with van der Waals surface area (Å²) in [5.74, 6) is 0.715. The number of hydrogen-bond acceptors (Lipinski definition) is 4. The van der Waals surface area contributed by atoms with Crippen molar-refractivity contribution in [1.29, 1.82) is 0 Å². The van der Waals surface area contributed by atoms with Crippen molar-refractivity contribution in [3.8, 4) is 0 Å². The molecule has 0 fully saturated rings. The van der Waals surface area contributed by atoms with Crippen LogP contribution >= 0.6 is 0 Å². The largest absolute Gasteiger partial charge is 0.461 e. The van der Waals surface area contributed by atoms with Crippen molar-refractivity contribution in [1.82, 2.24) is 5.32 Å². The van der Waals surface area contributed by atoms with Gasteiger partial charge < -0.3 is 14.2 Å². The van der Waals surface area contributed by atoms with Gasteiger partial charge in [-0.1, -0.05) is 13.3 Å². The van der Waals surface area contributed by atoms with Crippen molar-refractivity contribution in [3.63, 3.8) is 0 Å². The number of amides is 1.